The van der Waals surface area contributed by atoms with E-state index in [1.54, 1.807) is 0 Å². The van der Waals surface area contributed by atoms with Gasteiger partial charge in [0, 0.05) is 56.9 Å². The Balaban J connectivity index is 0.00000192. The van der Waals surface area contributed by atoms with E-state index < -0.39 is 0 Å². The van der Waals surface area contributed by atoms with E-state index in [0.717, 1.165) is 50.5 Å². The van der Waals surface area contributed by atoms with Gasteiger partial charge in [-0.2, -0.15) is 5.10 Å². The summed E-state index contributed by atoms with van der Waals surface area (Å²) < 4.78 is 5.69. The Morgan fingerprint density at radius 2 is 2.30 bits per heavy atom. The fourth-order valence-corrected chi connectivity index (χ4v) is 3.13. The number of aromatic nitrogens is 2. The first-order valence-corrected chi connectivity index (χ1v) is 7.96. The van der Waals surface area contributed by atoms with Gasteiger partial charge in [0.1, 0.15) is 0 Å². The van der Waals surface area contributed by atoms with Crippen LogP contribution < -0.4 is 10.6 Å². The number of rotatable bonds is 4. The number of nitrogens with one attached hydrogen (secondary N) is 3. The number of halogens is 1. The summed E-state index contributed by atoms with van der Waals surface area (Å²) in [6.45, 7) is 9.87. The number of aromatic amines is 1. The smallest absolute Gasteiger partial charge is 0.272 e. The summed E-state index contributed by atoms with van der Waals surface area (Å²) >= 11 is 0. The van der Waals surface area contributed by atoms with Gasteiger partial charge >= 0.3 is 0 Å². The SMILES string of the molecule is CC1(C)CN(CCNC(=O)c2n[nH]c3c2CNCC3)CCO1.Cl. The fraction of sp³-hybridized carbons (Fsp3) is 0.733. The van der Waals surface area contributed by atoms with Crippen molar-refractivity contribution in [3.05, 3.63) is 17.0 Å². The van der Waals surface area contributed by atoms with Crippen LogP contribution >= 0.6 is 12.4 Å². The van der Waals surface area contributed by atoms with Crippen LogP contribution in [0.3, 0.4) is 0 Å². The monoisotopic (exact) mass is 343 g/mol. The molecule has 2 aliphatic rings. The highest BCUT2D eigenvalue weighted by Crippen LogP contribution is 2.16. The summed E-state index contributed by atoms with van der Waals surface area (Å²) in [5, 5.41) is 13.4. The fourth-order valence-electron chi connectivity index (χ4n) is 3.13. The largest absolute Gasteiger partial charge is 0.373 e. The van der Waals surface area contributed by atoms with Crippen LogP contribution in [0.1, 0.15) is 35.6 Å². The number of nitrogens with zero attached hydrogens (tertiary/aromatic N) is 2. The molecule has 130 valence electrons. The van der Waals surface area contributed by atoms with Crippen molar-refractivity contribution in [2.75, 3.05) is 39.3 Å². The van der Waals surface area contributed by atoms with E-state index in [-0.39, 0.29) is 23.9 Å². The molecule has 8 heteroatoms. The van der Waals surface area contributed by atoms with Crippen molar-refractivity contribution in [2.45, 2.75) is 32.4 Å². The number of H-pyrrole nitrogens is 1. The zero-order valence-corrected chi connectivity index (χ0v) is 14.6. The van der Waals surface area contributed by atoms with Crippen molar-refractivity contribution < 1.29 is 9.53 Å². The average Bonchev–Trinajstić information content (AvgIpc) is 2.90. The molecule has 3 heterocycles. The van der Waals surface area contributed by atoms with Crippen molar-refractivity contribution >= 4 is 18.3 Å². The van der Waals surface area contributed by atoms with Crippen LogP contribution in [0.4, 0.5) is 0 Å². The maximum atomic E-state index is 12.3. The van der Waals surface area contributed by atoms with E-state index in [4.69, 9.17) is 4.74 Å². The molecule has 1 saturated heterocycles. The second-order valence-electron chi connectivity index (χ2n) is 6.60. The summed E-state index contributed by atoms with van der Waals surface area (Å²) in [6, 6.07) is 0. The van der Waals surface area contributed by atoms with E-state index in [1.807, 2.05) is 0 Å². The average molecular weight is 344 g/mol. The number of ether oxygens (including phenoxy) is 1. The van der Waals surface area contributed by atoms with Gasteiger partial charge in [0.05, 0.1) is 12.2 Å². The molecule has 23 heavy (non-hydrogen) atoms. The maximum absolute atomic E-state index is 12.3. The third kappa shape index (κ3) is 4.44. The van der Waals surface area contributed by atoms with Crippen LogP contribution in [-0.4, -0.2) is 65.9 Å². The molecule has 0 spiro atoms. The molecule has 0 radical (unpaired) electrons. The van der Waals surface area contributed by atoms with Crippen LogP contribution in [0.15, 0.2) is 0 Å². The predicted octanol–water partition coefficient (Wildman–Crippen LogP) is 0.318. The summed E-state index contributed by atoms with van der Waals surface area (Å²) in [4.78, 5) is 14.6. The molecule has 0 bridgehead atoms. The second kappa shape index (κ2) is 7.61. The van der Waals surface area contributed by atoms with Crippen LogP contribution in [0.2, 0.25) is 0 Å². The van der Waals surface area contributed by atoms with Gasteiger partial charge in [-0.05, 0) is 13.8 Å². The Morgan fingerprint density at radius 3 is 3.09 bits per heavy atom. The van der Waals surface area contributed by atoms with Crippen molar-refractivity contribution in [3.63, 3.8) is 0 Å². The van der Waals surface area contributed by atoms with E-state index >= 15 is 0 Å². The van der Waals surface area contributed by atoms with Crippen molar-refractivity contribution in [3.8, 4) is 0 Å². The molecule has 3 N–H and O–H groups in total. The summed E-state index contributed by atoms with van der Waals surface area (Å²) in [7, 11) is 0. The molecule has 1 amide bonds. The Hall–Kier alpha value is -1.15. The van der Waals surface area contributed by atoms with Crippen LogP contribution in [0, 0.1) is 0 Å². The summed E-state index contributed by atoms with van der Waals surface area (Å²) in [5.41, 5.74) is 2.52. The first-order valence-electron chi connectivity index (χ1n) is 7.96. The third-order valence-corrected chi connectivity index (χ3v) is 4.24. The molecule has 3 rings (SSSR count). The molecular formula is C15H26ClN5O2. The summed E-state index contributed by atoms with van der Waals surface area (Å²) in [6.07, 6.45) is 0.901. The van der Waals surface area contributed by atoms with Crippen molar-refractivity contribution in [1.82, 2.24) is 25.7 Å². The maximum Gasteiger partial charge on any atom is 0.272 e. The number of amides is 1. The lowest BCUT2D eigenvalue weighted by Gasteiger charge is -2.38. The number of hydrogen-bond acceptors (Lipinski definition) is 5. The lowest BCUT2D eigenvalue weighted by atomic mass is 10.1. The normalized spacial score (nSPS) is 20.4. The lowest BCUT2D eigenvalue weighted by molar-refractivity contribution is -0.0853. The van der Waals surface area contributed by atoms with Crippen LogP contribution in [-0.2, 0) is 17.7 Å². The van der Waals surface area contributed by atoms with E-state index in [1.165, 1.54) is 0 Å². The first-order chi connectivity index (χ1) is 10.6. The molecule has 1 aromatic rings. The van der Waals surface area contributed by atoms with Gasteiger partial charge in [0.15, 0.2) is 5.69 Å². The molecule has 0 aliphatic carbocycles. The number of carbonyl (C=O) groups excluding carboxylic acids is 1. The van der Waals surface area contributed by atoms with Gasteiger partial charge in [0.25, 0.3) is 5.91 Å². The number of hydrogen-bond donors (Lipinski definition) is 3. The molecule has 0 saturated carbocycles. The minimum absolute atomic E-state index is 0. The Labute approximate surface area is 142 Å². The zero-order valence-electron chi connectivity index (χ0n) is 13.8. The van der Waals surface area contributed by atoms with E-state index in [0.29, 0.717) is 18.8 Å². The highest BCUT2D eigenvalue weighted by Gasteiger charge is 2.27. The molecule has 1 fully saturated rings. The van der Waals surface area contributed by atoms with Gasteiger partial charge in [-0.25, -0.2) is 0 Å². The standard InChI is InChI=1S/C15H25N5O2.ClH/c1-15(2)10-20(7-8-22-15)6-5-17-14(21)13-11-9-16-4-3-12(11)18-19-13;/h16H,3-10H2,1-2H3,(H,17,21)(H,18,19);1H. The molecular weight excluding hydrogens is 318 g/mol. The van der Waals surface area contributed by atoms with Crippen LogP contribution in [0.25, 0.3) is 0 Å². The molecule has 0 unspecified atom stereocenters. The van der Waals surface area contributed by atoms with Crippen molar-refractivity contribution in [2.24, 2.45) is 0 Å². The lowest BCUT2D eigenvalue weighted by Crippen LogP contribution is -2.50. The number of morpholine rings is 1. The van der Waals surface area contributed by atoms with E-state index in [2.05, 4.69) is 39.6 Å². The number of fused-ring (bicyclic) bond motifs is 1. The van der Waals surface area contributed by atoms with Gasteiger partial charge in [0.2, 0.25) is 0 Å². The molecule has 0 atom stereocenters. The number of carbonyl (C=O) groups is 1. The Bertz CT molecular complexity index is 546. The Morgan fingerprint density at radius 1 is 1.48 bits per heavy atom. The Kier molecular flexibility index (Phi) is 6.02. The zero-order chi connectivity index (χ0) is 15.6. The summed E-state index contributed by atoms with van der Waals surface area (Å²) in [5.74, 6) is -0.0891. The molecule has 0 aromatic carbocycles. The minimum Gasteiger partial charge on any atom is -0.373 e. The first kappa shape index (κ1) is 18.2. The van der Waals surface area contributed by atoms with Gasteiger partial charge in [-0.3, -0.25) is 14.8 Å². The molecule has 2 aliphatic heterocycles. The third-order valence-electron chi connectivity index (χ3n) is 4.24. The molecule has 7 nitrogen and oxygen atoms in total. The van der Waals surface area contributed by atoms with Gasteiger partial charge in [-0.1, -0.05) is 0 Å². The van der Waals surface area contributed by atoms with Gasteiger partial charge < -0.3 is 15.4 Å². The van der Waals surface area contributed by atoms with E-state index in [9.17, 15) is 4.79 Å². The highest BCUT2D eigenvalue weighted by molar-refractivity contribution is 5.94. The topological polar surface area (TPSA) is 82.3 Å². The van der Waals surface area contributed by atoms with Crippen molar-refractivity contribution in [1.29, 1.82) is 0 Å². The minimum atomic E-state index is -0.102. The highest BCUT2D eigenvalue weighted by atomic mass is 35.5. The second-order valence-corrected chi connectivity index (χ2v) is 6.60. The van der Waals surface area contributed by atoms with Crippen LogP contribution in [0.5, 0.6) is 0 Å². The predicted molar refractivity (Wildman–Crippen MR) is 90.1 cm³/mol. The van der Waals surface area contributed by atoms with Gasteiger partial charge in [-0.15, -0.1) is 12.4 Å². The quantitative estimate of drug-likeness (QED) is 0.733. The molecule has 1 aromatic heterocycles.